The molecule has 3 N–H and O–H groups in total. The van der Waals surface area contributed by atoms with Crippen molar-refractivity contribution in [3.05, 3.63) is 35.4 Å². The van der Waals surface area contributed by atoms with Crippen molar-refractivity contribution in [1.82, 2.24) is 5.43 Å². The minimum Gasteiger partial charge on any atom is -0.376 e. The Morgan fingerprint density at radius 3 is 2.83 bits per heavy atom. The summed E-state index contributed by atoms with van der Waals surface area (Å²) in [5.41, 5.74) is 3.55. The highest BCUT2D eigenvalue weighted by atomic mass is 16.5. The second-order valence-electron chi connectivity index (χ2n) is 4.15. The number of amides is 1. The van der Waals surface area contributed by atoms with Gasteiger partial charge in [0.2, 0.25) is 0 Å². The summed E-state index contributed by atoms with van der Waals surface area (Å²) in [5, 5.41) is 0. The lowest BCUT2D eigenvalue weighted by Crippen LogP contribution is -2.30. The standard InChI is InChI=1S/C13H20N2O3/c1-10(2)18-7-6-17-9-11-4-3-5-12(8-11)13(16)15-14/h3-5,8,10H,6-7,9,14H2,1-2H3,(H,15,16). The smallest absolute Gasteiger partial charge is 0.265 e. The first kappa shape index (κ1) is 14.6. The molecule has 1 rings (SSSR count). The van der Waals surface area contributed by atoms with E-state index < -0.39 is 0 Å². The Balaban J connectivity index is 2.36. The molecule has 0 aliphatic carbocycles. The lowest BCUT2D eigenvalue weighted by Gasteiger charge is -2.08. The Labute approximate surface area is 107 Å². The van der Waals surface area contributed by atoms with Crippen LogP contribution in [0, 0.1) is 0 Å². The number of hydrogen-bond donors (Lipinski definition) is 2. The molecule has 0 heterocycles. The molecule has 0 fully saturated rings. The van der Waals surface area contributed by atoms with Crippen LogP contribution in [0.1, 0.15) is 29.8 Å². The number of carbonyl (C=O) groups is 1. The molecule has 5 nitrogen and oxygen atoms in total. The predicted molar refractivity (Wildman–Crippen MR) is 68.8 cm³/mol. The molecule has 0 aliphatic heterocycles. The third kappa shape index (κ3) is 5.27. The number of hydrazine groups is 1. The van der Waals surface area contributed by atoms with Gasteiger partial charge in [0.05, 0.1) is 25.9 Å². The summed E-state index contributed by atoms with van der Waals surface area (Å²) < 4.78 is 10.8. The van der Waals surface area contributed by atoms with Crippen LogP contribution in [0.2, 0.25) is 0 Å². The number of benzene rings is 1. The Kier molecular flexibility index (Phi) is 6.35. The van der Waals surface area contributed by atoms with Crippen LogP contribution in [0.15, 0.2) is 24.3 Å². The summed E-state index contributed by atoms with van der Waals surface area (Å²) in [6, 6.07) is 7.16. The zero-order valence-corrected chi connectivity index (χ0v) is 10.8. The van der Waals surface area contributed by atoms with Crippen molar-refractivity contribution in [2.75, 3.05) is 13.2 Å². The largest absolute Gasteiger partial charge is 0.376 e. The van der Waals surface area contributed by atoms with E-state index in [9.17, 15) is 4.79 Å². The molecular formula is C13H20N2O3. The normalized spacial score (nSPS) is 10.7. The lowest BCUT2D eigenvalue weighted by molar-refractivity contribution is 0.0143. The van der Waals surface area contributed by atoms with Crippen LogP contribution in [-0.4, -0.2) is 25.2 Å². The van der Waals surface area contributed by atoms with Crippen LogP contribution in [0.3, 0.4) is 0 Å². The van der Waals surface area contributed by atoms with Gasteiger partial charge in [0.25, 0.3) is 5.91 Å². The molecular weight excluding hydrogens is 232 g/mol. The van der Waals surface area contributed by atoms with E-state index in [1.807, 2.05) is 19.9 Å². The number of ether oxygens (including phenoxy) is 2. The van der Waals surface area contributed by atoms with Crippen LogP contribution in [0.4, 0.5) is 0 Å². The number of rotatable bonds is 7. The number of hydrogen-bond acceptors (Lipinski definition) is 4. The molecule has 0 saturated carbocycles. The van der Waals surface area contributed by atoms with E-state index in [0.29, 0.717) is 25.4 Å². The predicted octanol–water partition coefficient (Wildman–Crippen LogP) is 1.23. The second kappa shape index (κ2) is 7.81. The van der Waals surface area contributed by atoms with Gasteiger partial charge < -0.3 is 9.47 Å². The van der Waals surface area contributed by atoms with Crippen molar-refractivity contribution >= 4 is 5.91 Å². The van der Waals surface area contributed by atoms with Gasteiger partial charge in [-0.1, -0.05) is 12.1 Å². The first-order valence-electron chi connectivity index (χ1n) is 5.92. The Morgan fingerprint density at radius 1 is 1.39 bits per heavy atom. The van der Waals surface area contributed by atoms with Crippen LogP contribution >= 0.6 is 0 Å². The highest BCUT2D eigenvalue weighted by Gasteiger charge is 2.03. The number of nitrogens with one attached hydrogen (secondary N) is 1. The van der Waals surface area contributed by atoms with E-state index in [1.54, 1.807) is 18.2 Å². The van der Waals surface area contributed by atoms with Gasteiger partial charge in [0, 0.05) is 5.56 Å². The molecule has 1 aromatic carbocycles. The third-order valence-corrected chi connectivity index (χ3v) is 2.27. The number of nitrogen functional groups attached to an aromatic ring is 1. The first-order valence-corrected chi connectivity index (χ1v) is 5.92. The highest BCUT2D eigenvalue weighted by Crippen LogP contribution is 2.06. The summed E-state index contributed by atoms with van der Waals surface area (Å²) in [4.78, 5) is 11.3. The summed E-state index contributed by atoms with van der Waals surface area (Å²) in [7, 11) is 0. The minimum absolute atomic E-state index is 0.213. The summed E-state index contributed by atoms with van der Waals surface area (Å²) in [6.45, 7) is 5.52. The second-order valence-corrected chi connectivity index (χ2v) is 4.15. The Morgan fingerprint density at radius 2 is 2.17 bits per heavy atom. The third-order valence-electron chi connectivity index (χ3n) is 2.27. The molecule has 5 heteroatoms. The van der Waals surface area contributed by atoms with Gasteiger partial charge in [-0.3, -0.25) is 10.2 Å². The van der Waals surface area contributed by atoms with E-state index in [0.717, 1.165) is 5.56 Å². The van der Waals surface area contributed by atoms with E-state index in [2.05, 4.69) is 5.43 Å². The van der Waals surface area contributed by atoms with Crippen LogP contribution in [0.5, 0.6) is 0 Å². The van der Waals surface area contributed by atoms with Gasteiger partial charge in [-0.25, -0.2) is 5.84 Å². The molecule has 100 valence electrons. The maximum atomic E-state index is 11.3. The quantitative estimate of drug-likeness (QED) is 0.331. The lowest BCUT2D eigenvalue weighted by atomic mass is 10.1. The van der Waals surface area contributed by atoms with E-state index in [1.165, 1.54) is 0 Å². The summed E-state index contributed by atoms with van der Waals surface area (Å²) in [6.07, 6.45) is 0.213. The molecule has 0 saturated heterocycles. The van der Waals surface area contributed by atoms with Crippen molar-refractivity contribution in [2.24, 2.45) is 5.84 Å². The van der Waals surface area contributed by atoms with Gasteiger partial charge >= 0.3 is 0 Å². The van der Waals surface area contributed by atoms with Gasteiger partial charge in [0.1, 0.15) is 0 Å². The molecule has 0 unspecified atom stereocenters. The molecule has 1 aromatic rings. The Bertz CT molecular complexity index is 380. The topological polar surface area (TPSA) is 73.6 Å². The van der Waals surface area contributed by atoms with Crippen molar-refractivity contribution in [2.45, 2.75) is 26.6 Å². The minimum atomic E-state index is -0.306. The Hall–Kier alpha value is -1.43. The molecule has 0 aromatic heterocycles. The van der Waals surface area contributed by atoms with Crippen molar-refractivity contribution in [3.63, 3.8) is 0 Å². The zero-order valence-electron chi connectivity index (χ0n) is 10.8. The average molecular weight is 252 g/mol. The summed E-state index contributed by atoms with van der Waals surface area (Å²) in [5.74, 6) is 4.77. The maximum Gasteiger partial charge on any atom is 0.265 e. The number of nitrogens with two attached hydrogens (primary N) is 1. The number of carbonyl (C=O) groups excluding carboxylic acids is 1. The fourth-order valence-electron chi connectivity index (χ4n) is 1.42. The maximum absolute atomic E-state index is 11.3. The molecule has 0 radical (unpaired) electrons. The van der Waals surface area contributed by atoms with Gasteiger partial charge in [0.15, 0.2) is 0 Å². The van der Waals surface area contributed by atoms with E-state index in [-0.39, 0.29) is 12.0 Å². The van der Waals surface area contributed by atoms with Gasteiger partial charge in [-0.2, -0.15) is 0 Å². The van der Waals surface area contributed by atoms with E-state index >= 15 is 0 Å². The van der Waals surface area contributed by atoms with Crippen molar-refractivity contribution in [1.29, 1.82) is 0 Å². The van der Waals surface area contributed by atoms with Gasteiger partial charge in [-0.15, -0.1) is 0 Å². The fourth-order valence-corrected chi connectivity index (χ4v) is 1.42. The molecule has 1 amide bonds. The van der Waals surface area contributed by atoms with Crippen LogP contribution < -0.4 is 11.3 Å². The monoisotopic (exact) mass is 252 g/mol. The molecule has 0 aliphatic rings. The molecule has 0 spiro atoms. The molecule has 0 atom stereocenters. The van der Waals surface area contributed by atoms with Crippen molar-refractivity contribution < 1.29 is 14.3 Å². The molecule has 18 heavy (non-hydrogen) atoms. The summed E-state index contributed by atoms with van der Waals surface area (Å²) >= 11 is 0. The highest BCUT2D eigenvalue weighted by molar-refractivity contribution is 5.93. The SMILES string of the molecule is CC(C)OCCOCc1cccc(C(=O)NN)c1. The van der Waals surface area contributed by atoms with E-state index in [4.69, 9.17) is 15.3 Å². The van der Waals surface area contributed by atoms with Crippen LogP contribution in [0.25, 0.3) is 0 Å². The average Bonchev–Trinajstić information content (AvgIpc) is 2.37. The zero-order chi connectivity index (χ0) is 13.4. The first-order chi connectivity index (χ1) is 8.63. The van der Waals surface area contributed by atoms with Gasteiger partial charge in [-0.05, 0) is 31.5 Å². The fraction of sp³-hybridized carbons (Fsp3) is 0.462. The molecule has 0 bridgehead atoms. The van der Waals surface area contributed by atoms with Crippen molar-refractivity contribution in [3.8, 4) is 0 Å². The van der Waals surface area contributed by atoms with Crippen LogP contribution in [-0.2, 0) is 16.1 Å².